The molecule has 0 fully saturated rings. The molecule has 1 aromatic carbocycles. The maximum absolute atomic E-state index is 13.2. The Morgan fingerprint density at radius 1 is 1.35 bits per heavy atom. The fourth-order valence-corrected chi connectivity index (χ4v) is 2.01. The maximum Gasteiger partial charge on any atom is 0.338 e. The number of rotatable bonds is 5. The lowest BCUT2D eigenvalue weighted by Gasteiger charge is -2.05. The number of carbonyl (C=O) groups excluding carboxylic acids is 2. The van der Waals surface area contributed by atoms with Gasteiger partial charge >= 0.3 is 12.0 Å². The molecule has 0 unspecified atom stereocenters. The minimum absolute atomic E-state index is 0.0815. The number of carboxylic acids is 1. The number of halogens is 1. The average Bonchev–Trinajstić information content (AvgIpc) is 2.37. The normalized spacial score (nSPS) is 9.90. The second kappa shape index (κ2) is 7.49. The zero-order valence-corrected chi connectivity index (χ0v) is 11.4. The summed E-state index contributed by atoms with van der Waals surface area (Å²) < 4.78 is 13.2. The summed E-state index contributed by atoms with van der Waals surface area (Å²) in [7, 11) is 0. The van der Waals surface area contributed by atoms with Gasteiger partial charge in [0, 0.05) is 11.4 Å². The van der Waals surface area contributed by atoms with Gasteiger partial charge in [0.25, 0.3) is 0 Å². The van der Waals surface area contributed by atoms with E-state index in [0.717, 1.165) is 23.9 Å². The minimum Gasteiger partial charge on any atom is -0.478 e. The van der Waals surface area contributed by atoms with Gasteiger partial charge in [-0.05, 0) is 25.1 Å². The Morgan fingerprint density at radius 3 is 2.65 bits per heavy atom. The number of nitrogens with one attached hydrogen (secondary N) is 2. The summed E-state index contributed by atoms with van der Waals surface area (Å²) >= 11 is 1.01. The zero-order chi connectivity index (χ0) is 15.1. The number of hydrogen-bond acceptors (Lipinski definition) is 4. The van der Waals surface area contributed by atoms with Gasteiger partial charge in [-0.15, -0.1) is 11.8 Å². The molecule has 0 aliphatic carbocycles. The maximum atomic E-state index is 13.2. The van der Waals surface area contributed by atoms with Crippen molar-refractivity contribution in [3.8, 4) is 0 Å². The lowest BCUT2D eigenvalue weighted by atomic mass is 10.2. The molecule has 8 heteroatoms. The van der Waals surface area contributed by atoms with Gasteiger partial charge in [-0.25, -0.2) is 14.0 Å². The van der Waals surface area contributed by atoms with Crippen molar-refractivity contribution in [3.63, 3.8) is 0 Å². The van der Waals surface area contributed by atoms with Crippen molar-refractivity contribution < 1.29 is 23.9 Å². The molecule has 1 aromatic rings. The lowest BCUT2D eigenvalue weighted by Crippen LogP contribution is -2.40. The van der Waals surface area contributed by atoms with Crippen molar-refractivity contribution in [3.05, 3.63) is 29.6 Å². The highest BCUT2D eigenvalue weighted by Gasteiger charge is 2.12. The van der Waals surface area contributed by atoms with Crippen LogP contribution in [0.3, 0.4) is 0 Å². The van der Waals surface area contributed by atoms with Crippen LogP contribution in [0, 0.1) is 5.82 Å². The van der Waals surface area contributed by atoms with E-state index in [1.807, 2.05) is 0 Å². The summed E-state index contributed by atoms with van der Waals surface area (Å²) in [5, 5.41) is 13.3. The standard InChI is InChI=1S/C12H13FN2O4S/c1-2-14-12(19)15-10(16)6-20-7-3-4-9(13)8(5-7)11(17)18/h3-5H,2,6H2,1H3,(H,17,18)(H2,14,15,16,19). The number of benzene rings is 1. The van der Waals surface area contributed by atoms with Crippen LogP contribution in [0.1, 0.15) is 17.3 Å². The molecular formula is C12H13FN2O4S. The molecule has 3 amide bonds. The monoisotopic (exact) mass is 300 g/mol. The van der Waals surface area contributed by atoms with Crippen LogP contribution >= 0.6 is 11.8 Å². The van der Waals surface area contributed by atoms with E-state index in [0.29, 0.717) is 11.4 Å². The highest BCUT2D eigenvalue weighted by atomic mass is 32.2. The fraction of sp³-hybridized carbons (Fsp3) is 0.250. The van der Waals surface area contributed by atoms with E-state index >= 15 is 0 Å². The molecule has 0 aliphatic rings. The molecule has 0 radical (unpaired) electrons. The first-order chi connectivity index (χ1) is 9.43. The zero-order valence-electron chi connectivity index (χ0n) is 10.6. The van der Waals surface area contributed by atoms with Crippen molar-refractivity contribution in [1.29, 1.82) is 0 Å². The van der Waals surface area contributed by atoms with E-state index < -0.39 is 29.3 Å². The van der Waals surface area contributed by atoms with Crippen molar-refractivity contribution in [2.75, 3.05) is 12.3 Å². The van der Waals surface area contributed by atoms with Crippen molar-refractivity contribution >= 4 is 29.7 Å². The summed E-state index contributed by atoms with van der Waals surface area (Å²) in [6.07, 6.45) is 0. The van der Waals surface area contributed by atoms with E-state index in [1.165, 1.54) is 6.07 Å². The summed E-state index contributed by atoms with van der Waals surface area (Å²) in [5.74, 6) is -2.82. The molecule has 0 saturated heterocycles. The van der Waals surface area contributed by atoms with Crippen LogP contribution in [0.25, 0.3) is 0 Å². The topological polar surface area (TPSA) is 95.5 Å². The molecule has 0 saturated carbocycles. The van der Waals surface area contributed by atoms with Crippen molar-refractivity contribution in [2.45, 2.75) is 11.8 Å². The van der Waals surface area contributed by atoms with E-state index in [9.17, 15) is 18.8 Å². The van der Waals surface area contributed by atoms with Crippen LogP contribution in [0.4, 0.5) is 9.18 Å². The van der Waals surface area contributed by atoms with Crippen LogP contribution < -0.4 is 10.6 Å². The summed E-state index contributed by atoms with van der Waals surface area (Å²) in [6.45, 7) is 2.11. The molecule has 0 aromatic heterocycles. The predicted octanol–water partition coefficient (Wildman–Crippen LogP) is 1.46. The number of thioether (sulfide) groups is 1. The van der Waals surface area contributed by atoms with Crippen LogP contribution in [-0.4, -0.2) is 35.3 Å². The van der Waals surface area contributed by atoms with Gasteiger partial charge < -0.3 is 10.4 Å². The Kier molecular flexibility index (Phi) is 5.98. The molecule has 0 aliphatic heterocycles. The summed E-state index contributed by atoms with van der Waals surface area (Å²) in [6, 6.07) is 2.93. The van der Waals surface area contributed by atoms with E-state index in [2.05, 4.69) is 10.6 Å². The fourth-order valence-electron chi connectivity index (χ4n) is 1.27. The second-order valence-electron chi connectivity index (χ2n) is 3.64. The van der Waals surface area contributed by atoms with E-state index in [-0.39, 0.29) is 5.75 Å². The number of carboxylic acid groups (broad SMARTS) is 1. The highest BCUT2D eigenvalue weighted by molar-refractivity contribution is 8.00. The van der Waals surface area contributed by atoms with Crippen LogP contribution in [0.2, 0.25) is 0 Å². The first-order valence-corrected chi connectivity index (χ1v) is 6.66. The van der Waals surface area contributed by atoms with E-state index in [1.54, 1.807) is 6.92 Å². The SMILES string of the molecule is CCNC(=O)NC(=O)CSc1ccc(F)c(C(=O)O)c1. The third-order valence-electron chi connectivity index (χ3n) is 2.13. The van der Waals surface area contributed by atoms with Crippen LogP contribution in [-0.2, 0) is 4.79 Å². The van der Waals surface area contributed by atoms with Gasteiger partial charge in [0.1, 0.15) is 5.82 Å². The van der Waals surface area contributed by atoms with Crippen molar-refractivity contribution in [1.82, 2.24) is 10.6 Å². The molecular weight excluding hydrogens is 287 g/mol. The number of hydrogen-bond donors (Lipinski definition) is 3. The van der Waals surface area contributed by atoms with Gasteiger partial charge in [-0.3, -0.25) is 10.1 Å². The predicted molar refractivity (Wildman–Crippen MR) is 71.3 cm³/mol. The Balaban J connectivity index is 2.58. The molecule has 1 rings (SSSR count). The Labute approximate surface area is 118 Å². The van der Waals surface area contributed by atoms with Crippen LogP contribution in [0.15, 0.2) is 23.1 Å². The quantitative estimate of drug-likeness (QED) is 0.716. The molecule has 20 heavy (non-hydrogen) atoms. The van der Waals surface area contributed by atoms with E-state index in [4.69, 9.17) is 5.11 Å². The number of carbonyl (C=O) groups is 3. The molecule has 3 N–H and O–H groups in total. The van der Waals surface area contributed by atoms with Gasteiger partial charge in [0.2, 0.25) is 5.91 Å². The van der Waals surface area contributed by atoms with Crippen LogP contribution in [0.5, 0.6) is 0 Å². The van der Waals surface area contributed by atoms with Gasteiger partial charge in [0.05, 0.1) is 11.3 Å². The first-order valence-electron chi connectivity index (χ1n) is 5.67. The average molecular weight is 300 g/mol. The Morgan fingerprint density at radius 2 is 2.05 bits per heavy atom. The Bertz CT molecular complexity index is 536. The second-order valence-corrected chi connectivity index (χ2v) is 4.69. The third-order valence-corrected chi connectivity index (χ3v) is 3.12. The smallest absolute Gasteiger partial charge is 0.338 e. The number of aromatic carboxylic acids is 1. The highest BCUT2D eigenvalue weighted by Crippen LogP contribution is 2.21. The third kappa shape index (κ3) is 4.88. The van der Waals surface area contributed by atoms with Crippen molar-refractivity contribution in [2.24, 2.45) is 0 Å². The largest absolute Gasteiger partial charge is 0.478 e. The molecule has 0 bridgehead atoms. The summed E-state index contributed by atoms with van der Waals surface area (Å²) in [5.41, 5.74) is -0.459. The Hall–Kier alpha value is -2.09. The number of imide groups is 1. The molecule has 108 valence electrons. The molecule has 0 atom stereocenters. The molecule has 0 heterocycles. The van der Waals surface area contributed by atoms with Gasteiger partial charge in [0.15, 0.2) is 0 Å². The first kappa shape index (κ1) is 16.0. The number of urea groups is 1. The number of amides is 3. The molecule has 0 spiro atoms. The molecule has 6 nitrogen and oxygen atoms in total. The summed E-state index contributed by atoms with van der Waals surface area (Å²) in [4.78, 5) is 33.7. The minimum atomic E-state index is -1.38. The van der Waals surface area contributed by atoms with Gasteiger partial charge in [-0.2, -0.15) is 0 Å². The van der Waals surface area contributed by atoms with Gasteiger partial charge in [-0.1, -0.05) is 0 Å². The lowest BCUT2D eigenvalue weighted by molar-refractivity contribution is -0.117.